The number of rotatable bonds is 5. The van der Waals surface area contributed by atoms with Crippen LogP contribution in [0.3, 0.4) is 0 Å². The molecule has 0 aromatic carbocycles. The van der Waals surface area contributed by atoms with E-state index in [-0.39, 0.29) is 36.3 Å². The lowest BCUT2D eigenvalue weighted by Gasteiger charge is -2.45. The van der Waals surface area contributed by atoms with Crippen LogP contribution in [0.25, 0.3) is 0 Å². The van der Waals surface area contributed by atoms with Crippen LogP contribution in [0.15, 0.2) is 0 Å². The number of nitrogens with one attached hydrogen (secondary N) is 1. The Bertz CT molecular complexity index is 433. The van der Waals surface area contributed by atoms with E-state index in [4.69, 9.17) is 15.2 Å². The number of nitrogens with two attached hydrogens (primary N) is 1. The highest BCUT2D eigenvalue weighted by atomic mass is 35.5. The molecular weight excluding hydrogens is 377 g/mol. The molecule has 0 aromatic rings. The molecule has 3 aliphatic rings. The predicted molar refractivity (Wildman–Crippen MR) is 107 cm³/mol. The summed E-state index contributed by atoms with van der Waals surface area (Å²) in [6.07, 6.45) is 8.65. The Kier molecular flexibility index (Phi) is 9.61. The first-order chi connectivity index (χ1) is 11.6. The Morgan fingerprint density at radius 3 is 2.27 bits per heavy atom. The van der Waals surface area contributed by atoms with Gasteiger partial charge in [0.2, 0.25) is 5.91 Å². The first-order valence-corrected chi connectivity index (χ1v) is 9.51. The van der Waals surface area contributed by atoms with Crippen molar-refractivity contribution < 1.29 is 14.3 Å². The zero-order valence-corrected chi connectivity index (χ0v) is 17.5. The minimum Gasteiger partial charge on any atom is -0.381 e. The normalized spacial score (nSPS) is 25.8. The number of piperidine rings is 1. The summed E-state index contributed by atoms with van der Waals surface area (Å²) in [5, 5.41) is 3.21. The zero-order chi connectivity index (χ0) is 17.0. The maximum Gasteiger partial charge on any atom is 0.240 e. The lowest BCUT2D eigenvalue weighted by molar-refractivity contribution is -0.130. The SMILES string of the molecule is COC1CCN(C2(CNC(=O)C3(N)CCOCC3)CCCC2)CC1.Cl.Cl. The molecule has 0 atom stereocenters. The average Bonchev–Trinajstić information content (AvgIpc) is 3.10. The standard InChI is InChI=1S/C18H33N3O3.2ClH/c1-23-15-4-10-21(11-5-15)17(6-2-3-7-17)14-20-16(22)18(19)8-12-24-13-9-18;;/h15H,2-14,19H2,1H3,(H,20,22);2*1H. The van der Waals surface area contributed by atoms with Crippen LogP contribution >= 0.6 is 24.8 Å². The molecule has 26 heavy (non-hydrogen) atoms. The van der Waals surface area contributed by atoms with Crippen molar-refractivity contribution in [2.75, 3.05) is 40.0 Å². The maximum atomic E-state index is 12.7. The molecule has 0 radical (unpaired) electrons. The molecule has 3 N–H and O–H groups in total. The molecule has 8 heteroatoms. The first kappa shape index (κ1) is 23.9. The summed E-state index contributed by atoms with van der Waals surface area (Å²) >= 11 is 0. The molecule has 3 fully saturated rings. The van der Waals surface area contributed by atoms with Gasteiger partial charge in [0, 0.05) is 45.5 Å². The van der Waals surface area contributed by atoms with Gasteiger partial charge >= 0.3 is 0 Å². The van der Waals surface area contributed by atoms with E-state index in [2.05, 4.69) is 10.2 Å². The molecule has 0 spiro atoms. The third-order valence-electron chi connectivity index (χ3n) is 6.40. The first-order valence-electron chi connectivity index (χ1n) is 9.51. The van der Waals surface area contributed by atoms with Gasteiger partial charge in [-0.25, -0.2) is 0 Å². The van der Waals surface area contributed by atoms with E-state index in [1.165, 1.54) is 25.7 Å². The van der Waals surface area contributed by atoms with E-state index in [0.717, 1.165) is 32.5 Å². The van der Waals surface area contributed by atoms with Crippen molar-refractivity contribution >= 4 is 30.7 Å². The number of ether oxygens (including phenoxy) is 2. The zero-order valence-electron chi connectivity index (χ0n) is 15.8. The summed E-state index contributed by atoms with van der Waals surface area (Å²) in [4.78, 5) is 15.3. The van der Waals surface area contributed by atoms with Gasteiger partial charge in [0.15, 0.2) is 0 Å². The number of amides is 1. The van der Waals surface area contributed by atoms with Crippen molar-refractivity contribution in [1.82, 2.24) is 10.2 Å². The Balaban J connectivity index is 0.00000169. The van der Waals surface area contributed by atoms with Gasteiger partial charge in [0.05, 0.1) is 11.6 Å². The smallest absolute Gasteiger partial charge is 0.240 e. The van der Waals surface area contributed by atoms with Crippen molar-refractivity contribution in [3.63, 3.8) is 0 Å². The highest BCUT2D eigenvalue weighted by Gasteiger charge is 2.43. The molecule has 2 saturated heterocycles. The fraction of sp³-hybridized carbons (Fsp3) is 0.944. The number of nitrogens with zero attached hydrogens (tertiary/aromatic N) is 1. The van der Waals surface area contributed by atoms with Crippen LogP contribution in [0.1, 0.15) is 51.4 Å². The Morgan fingerprint density at radius 2 is 1.73 bits per heavy atom. The van der Waals surface area contributed by atoms with E-state index in [9.17, 15) is 4.79 Å². The summed E-state index contributed by atoms with van der Waals surface area (Å²) < 4.78 is 10.8. The number of carbonyl (C=O) groups excluding carboxylic acids is 1. The third-order valence-corrected chi connectivity index (χ3v) is 6.40. The summed E-state index contributed by atoms with van der Waals surface area (Å²) in [5.41, 5.74) is 5.69. The molecule has 1 saturated carbocycles. The molecule has 3 rings (SSSR count). The monoisotopic (exact) mass is 411 g/mol. The van der Waals surface area contributed by atoms with Crippen LogP contribution in [0.4, 0.5) is 0 Å². The van der Waals surface area contributed by atoms with Crippen LogP contribution in [-0.4, -0.2) is 67.9 Å². The Labute approximate surface area is 169 Å². The van der Waals surface area contributed by atoms with Crippen LogP contribution in [-0.2, 0) is 14.3 Å². The summed E-state index contributed by atoms with van der Waals surface area (Å²) in [5.74, 6) is 0.00357. The summed E-state index contributed by atoms with van der Waals surface area (Å²) in [6.45, 7) is 4.02. The van der Waals surface area contributed by atoms with E-state index < -0.39 is 5.54 Å². The number of hydrogen-bond donors (Lipinski definition) is 2. The molecule has 6 nitrogen and oxygen atoms in total. The van der Waals surface area contributed by atoms with Crippen LogP contribution in [0, 0.1) is 0 Å². The van der Waals surface area contributed by atoms with Crippen molar-refractivity contribution in [1.29, 1.82) is 0 Å². The number of carbonyl (C=O) groups is 1. The van der Waals surface area contributed by atoms with Gasteiger partial charge in [-0.2, -0.15) is 0 Å². The minimum atomic E-state index is -0.749. The summed E-state index contributed by atoms with van der Waals surface area (Å²) in [7, 11) is 1.81. The fourth-order valence-corrected chi connectivity index (χ4v) is 4.59. The van der Waals surface area contributed by atoms with Crippen LogP contribution in [0.2, 0.25) is 0 Å². The number of likely N-dealkylation sites (tertiary alicyclic amines) is 1. The topological polar surface area (TPSA) is 76.8 Å². The van der Waals surface area contributed by atoms with Gasteiger partial charge in [-0.1, -0.05) is 12.8 Å². The van der Waals surface area contributed by atoms with E-state index in [1.807, 2.05) is 0 Å². The molecule has 1 amide bonds. The summed E-state index contributed by atoms with van der Waals surface area (Å²) in [6, 6.07) is 0. The van der Waals surface area contributed by atoms with Gasteiger partial charge in [-0.15, -0.1) is 24.8 Å². The van der Waals surface area contributed by atoms with Crippen LogP contribution < -0.4 is 11.1 Å². The third kappa shape index (κ3) is 5.24. The molecule has 154 valence electrons. The quantitative estimate of drug-likeness (QED) is 0.721. The van der Waals surface area contributed by atoms with Crippen molar-refractivity contribution in [2.45, 2.75) is 68.5 Å². The molecule has 0 aromatic heterocycles. The van der Waals surface area contributed by atoms with Crippen molar-refractivity contribution in [3.8, 4) is 0 Å². The van der Waals surface area contributed by atoms with Gasteiger partial charge < -0.3 is 20.5 Å². The lowest BCUT2D eigenvalue weighted by Crippen LogP contribution is -2.62. The molecule has 2 heterocycles. The maximum absolute atomic E-state index is 12.7. The second kappa shape index (κ2) is 10.4. The van der Waals surface area contributed by atoms with Gasteiger partial charge in [0.1, 0.15) is 0 Å². The Morgan fingerprint density at radius 1 is 1.15 bits per heavy atom. The van der Waals surface area contributed by atoms with E-state index in [1.54, 1.807) is 7.11 Å². The van der Waals surface area contributed by atoms with Gasteiger partial charge in [-0.05, 0) is 38.5 Å². The van der Waals surface area contributed by atoms with Crippen molar-refractivity contribution in [2.24, 2.45) is 5.73 Å². The van der Waals surface area contributed by atoms with E-state index in [0.29, 0.717) is 32.2 Å². The molecule has 1 aliphatic carbocycles. The second-order valence-electron chi connectivity index (χ2n) is 7.80. The van der Waals surface area contributed by atoms with Gasteiger partial charge in [-0.3, -0.25) is 9.69 Å². The van der Waals surface area contributed by atoms with E-state index >= 15 is 0 Å². The highest BCUT2D eigenvalue weighted by molar-refractivity contribution is 5.86. The lowest BCUT2D eigenvalue weighted by atomic mass is 9.88. The fourth-order valence-electron chi connectivity index (χ4n) is 4.59. The largest absolute Gasteiger partial charge is 0.381 e. The average molecular weight is 412 g/mol. The molecular formula is C18H35Cl2N3O3. The highest BCUT2D eigenvalue weighted by Crippen LogP contribution is 2.37. The van der Waals surface area contributed by atoms with Crippen LogP contribution in [0.5, 0.6) is 0 Å². The molecule has 0 unspecified atom stereocenters. The number of methoxy groups -OCH3 is 1. The molecule has 2 aliphatic heterocycles. The van der Waals surface area contributed by atoms with Gasteiger partial charge in [0.25, 0.3) is 0 Å². The number of hydrogen-bond acceptors (Lipinski definition) is 5. The predicted octanol–water partition coefficient (Wildman–Crippen LogP) is 1.88. The second-order valence-corrected chi connectivity index (χ2v) is 7.80. The minimum absolute atomic E-state index is 0. The number of halogens is 2. The molecule has 0 bridgehead atoms. The van der Waals surface area contributed by atoms with Crippen molar-refractivity contribution in [3.05, 3.63) is 0 Å². The Hall–Kier alpha value is -0.110.